The zero-order valence-electron chi connectivity index (χ0n) is 17.0. The van der Waals surface area contributed by atoms with Crippen molar-refractivity contribution in [2.45, 2.75) is 24.0 Å². The minimum absolute atomic E-state index is 0.0412. The summed E-state index contributed by atoms with van der Waals surface area (Å²) in [6, 6.07) is 16.4. The molecule has 164 valence electrons. The van der Waals surface area contributed by atoms with Crippen LogP contribution in [-0.2, 0) is 21.2 Å². The first-order valence-electron chi connectivity index (χ1n) is 9.98. The number of sulfone groups is 1. The van der Waals surface area contributed by atoms with Crippen LogP contribution in [0.1, 0.15) is 33.9 Å². The second-order valence-corrected chi connectivity index (χ2v) is 9.39. The van der Waals surface area contributed by atoms with Crippen LogP contribution in [0.25, 0.3) is 0 Å². The van der Waals surface area contributed by atoms with E-state index in [-0.39, 0.29) is 29.2 Å². The largest absolute Gasteiger partial charge is 0.445 e. The Hall–Kier alpha value is -3.72. The number of hydrogen-bond acceptors (Lipinski definition) is 6. The molecule has 2 aromatic carbocycles. The van der Waals surface area contributed by atoms with E-state index in [0.29, 0.717) is 11.3 Å². The number of carbonyl (C=O) groups excluding carboxylic acids is 2. The van der Waals surface area contributed by atoms with Crippen LogP contribution in [0.15, 0.2) is 78.0 Å². The highest BCUT2D eigenvalue weighted by atomic mass is 32.2. The second-order valence-electron chi connectivity index (χ2n) is 7.31. The lowest BCUT2D eigenvalue weighted by atomic mass is 10.0. The molecule has 1 atom stereocenters. The summed E-state index contributed by atoms with van der Waals surface area (Å²) in [4.78, 5) is 28.8. The first kappa shape index (κ1) is 21.5. The van der Waals surface area contributed by atoms with Crippen LogP contribution >= 0.6 is 0 Å². The molecule has 0 saturated heterocycles. The number of amides is 2. The fraction of sp³-hybridized carbons (Fsp3) is 0.174. The number of anilines is 1. The Labute approximate surface area is 185 Å². The molecule has 2 heterocycles. The number of carbonyl (C=O) groups is 2. The van der Waals surface area contributed by atoms with Crippen molar-refractivity contribution in [1.29, 1.82) is 0 Å². The number of hydrogen-bond donors (Lipinski definition) is 2. The van der Waals surface area contributed by atoms with Gasteiger partial charge >= 0.3 is 6.09 Å². The Bertz CT molecular complexity index is 1230. The molecule has 0 bridgehead atoms. The summed E-state index contributed by atoms with van der Waals surface area (Å²) in [6.07, 6.45) is 2.67. The summed E-state index contributed by atoms with van der Waals surface area (Å²) in [7, 11) is -3.58. The Balaban J connectivity index is 1.50. The van der Waals surface area contributed by atoms with Crippen molar-refractivity contribution in [2.24, 2.45) is 0 Å². The molecular formula is C23H21N3O5S. The lowest BCUT2D eigenvalue weighted by molar-refractivity contribution is 0.102. The van der Waals surface area contributed by atoms with E-state index in [4.69, 9.17) is 4.74 Å². The van der Waals surface area contributed by atoms with Crippen LogP contribution in [0.2, 0.25) is 0 Å². The van der Waals surface area contributed by atoms with Crippen molar-refractivity contribution >= 4 is 27.5 Å². The van der Waals surface area contributed by atoms with Crippen molar-refractivity contribution in [2.75, 3.05) is 11.1 Å². The molecule has 0 radical (unpaired) electrons. The van der Waals surface area contributed by atoms with Gasteiger partial charge in [-0.25, -0.2) is 13.2 Å². The number of rotatable bonds is 5. The minimum atomic E-state index is -3.58. The van der Waals surface area contributed by atoms with E-state index in [2.05, 4.69) is 15.6 Å². The Morgan fingerprint density at radius 1 is 1.03 bits per heavy atom. The van der Waals surface area contributed by atoms with Gasteiger partial charge in [-0.1, -0.05) is 36.4 Å². The Morgan fingerprint density at radius 3 is 2.53 bits per heavy atom. The zero-order valence-corrected chi connectivity index (χ0v) is 17.8. The molecule has 0 unspecified atom stereocenters. The van der Waals surface area contributed by atoms with Crippen molar-refractivity contribution in [3.05, 3.63) is 89.7 Å². The lowest BCUT2D eigenvalue weighted by Gasteiger charge is -2.26. The predicted molar refractivity (Wildman–Crippen MR) is 118 cm³/mol. The predicted octanol–water partition coefficient (Wildman–Crippen LogP) is 3.48. The van der Waals surface area contributed by atoms with Crippen LogP contribution in [0.3, 0.4) is 0 Å². The molecule has 9 heteroatoms. The SMILES string of the molecule is O=C(N[C@H]1CCS(=O)(=O)c2cc(C(=O)Nc3ccncc3)ccc21)OCc1ccccc1. The maximum Gasteiger partial charge on any atom is 0.407 e. The monoisotopic (exact) mass is 451 g/mol. The summed E-state index contributed by atoms with van der Waals surface area (Å²) in [5, 5.41) is 5.44. The smallest absolute Gasteiger partial charge is 0.407 e. The van der Waals surface area contributed by atoms with Gasteiger partial charge in [-0.15, -0.1) is 0 Å². The summed E-state index contributed by atoms with van der Waals surface area (Å²) >= 11 is 0. The normalized spacial score (nSPS) is 16.4. The van der Waals surface area contributed by atoms with E-state index >= 15 is 0 Å². The van der Waals surface area contributed by atoms with Crippen LogP contribution in [0.5, 0.6) is 0 Å². The van der Waals surface area contributed by atoms with E-state index < -0.39 is 27.9 Å². The number of aromatic nitrogens is 1. The van der Waals surface area contributed by atoms with Gasteiger partial charge in [-0.3, -0.25) is 9.78 Å². The van der Waals surface area contributed by atoms with Crippen molar-refractivity contribution in [1.82, 2.24) is 10.3 Å². The molecular weight excluding hydrogens is 430 g/mol. The van der Waals surface area contributed by atoms with E-state index in [1.165, 1.54) is 6.07 Å². The fourth-order valence-corrected chi connectivity index (χ4v) is 5.11. The third-order valence-electron chi connectivity index (χ3n) is 5.10. The highest BCUT2D eigenvalue weighted by molar-refractivity contribution is 7.91. The van der Waals surface area contributed by atoms with Crippen LogP contribution < -0.4 is 10.6 Å². The van der Waals surface area contributed by atoms with E-state index in [0.717, 1.165) is 5.56 Å². The highest BCUT2D eigenvalue weighted by Crippen LogP contribution is 2.33. The average Bonchev–Trinajstić information content (AvgIpc) is 2.81. The quantitative estimate of drug-likeness (QED) is 0.614. The molecule has 0 aliphatic carbocycles. The molecule has 0 fully saturated rings. The van der Waals surface area contributed by atoms with Gasteiger partial charge in [0.2, 0.25) is 0 Å². The first-order valence-corrected chi connectivity index (χ1v) is 11.6. The van der Waals surface area contributed by atoms with E-state index in [9.17, 15) is 18.0 Å². The third-order valence-corrected chi connectivity index (χ3v) is 6.90. The number of nitrogens with one attached hydrogen (secondary N) is 2. The van der Waals surface area contributed by atoms with Crippen molar-refractivity contribution < 1.29 is 22.7 Å². The van der Waals surface area contributed by atoms with Crippen LogP contribution in [0, 0.1) is 0 Å². The number of alkyl carbamates (subject to hydrolysis) is 1. The topological polar surface area (TPSA) is 114 Å². The summed E-state index contributed by atoms with van der Waals surface area (Å²) < 4.78 is 30.6. The second kappa shape index (κ2) is 9.19. The number of pyridine rings is 1. The average molecular weight is 452 g/mol. The van der Waals surface area contributed by atoms with Gasteiger partial charge in [-0.05, 0) is 41.8 Å². The molecule has 2 N–H and O–H groups in total. The Kier molecular flexibility index (Phi) is 6.18. The number of nitrogens with zero attached hydrogens (tertiary/aromatic N) is 1. The fourth-order valence-electron chi connectivity index (χ4n) is 3.47. The molecule has 1 aromatic heterocycles. The maximum absolute atomic E-state index is 12.7. The zero-order chi connectivity index (χ0) is 22.6. The molecule has 4 rings (SSSR count). The van der Waals surface area contributed by atoms with Gasteiger partial charge in [0.1, 0.15) is 6.61 Å². The molecule has 1 aliphatic heterocycles. The van der Waals surface area contributed by atoms with E-state index in [1.54, 1.807) is 36.7 Å². The summed E-state index contributed by atoms with van der Waals surface area (Å²) in [6.45, 7) is 0.110. The summed E-state index contributed by atoms with van der Waals surface area (Å²) in [5.74, 6) is -0.578. The molecule has 2 amide bonds. The van der Waals surface area contributed by atoms with Gasteiger partial charge < -0.3 is 15.4 Å². The molecule has 8 nitrogen and oxygen atoms in total. The number of benzene rings is 2. The van der Waals surface area contributed by atoms with Gasteiger partial charge in [-0.2, -0.15) is 0 Å². The molecule has 3 aromatic rings. The minimum Gasteiger partial charge on any atom is -0.445 e. The lowest BCUT2D eigenvalue weighted by Crippen LogP contribution is -2.34. The van der Waals surface area contributed by atoms with Gasteiger partial charge in [0, 0.05) is 23.6 Å². The van der Waals surface area contributed by atoms with Gasteiger partial charge in [0.15, 0.2) is 9.84 Å². The number of fused-ring (bicyclic) bond motifs is 1. The molecule has 0 spiro atoms. The molecule has 0 saturated carbocycles. The van der Waals surface area contributed by atoms with Gasteiger partial charge in [0.05, 0.1) is 16.7 Å². The van der Waals surface area contributed by atoms with E-state index in [1.807, 2.05) is 30.3 Å². The molecule has 32 heavy (non-hydrogen) atoms. The highest BCUT2D eigenvalue weighted by Gasteiger charge is 2.32. The van der Waals surface area contributed by atoms with Crippen LogP contribution in [0.4, 0.5) is 10.5 Å². The van der Waals surface area contributed by atoms with Crippen molar-refractivity contribution in [3.8, 4) is 0 Å². The number of ether oxygens (including phenoxy) is 1. The van der Waals surface area contributed by atoms with Crippen molar-refractivity contribution in [3.63, 3.8) is 0 Å². The standard InChI is InChI=1S/C23H21N3O5S/c27-22(25-18-8-11-24-12-9-18)17-6-7-19-20(10-13-32(29,30)21(19)14-17)26-23(28)31-15-16-4-2-1-3-5-16/h1-9,11-12,14,20H,10,13,15H2,(H,26,28)(H,24,25,27)/t20-/m0/s1. The Morgan fingerprint density at radius 2 is 1.78 bits per heavy atom. The maximum atomic E-state index is 12.7. The van der Waals surface area contributed by atoms with Gasteiger partial charge in [0.25, 0.3) is 5.91 Å². The first-order chi connectivity index (χ1) is 15.4. The molecule has 1 aliphatic rings. The summed E-state index contributed by atoms with van der Waals surface area (Å²) in [5.41, 5.74) is 2.04. The third kappa shape index (κ3) is 4.94. The van der Waals surface area contributed by atoms with Crippen LogP contribution in [-0.4, -0.2) is 31.2 Å².